The van der Waals surface area contributed by atoms with Crippen molar-refractivity contribution in [2.45, 2.75) is 19.7 Å². The monoisotopic (exact) mass is 282 g/mol. The van der Waals surface area contributed by atoms with Crippen molar-refractivity contribution < 1.29 is 17.9 Å². The lowest BCUT2D eigenvalue weighted by Crippen LogP contribution is -2.17. The first kappa shape index (κ1) is 14.2. The normalized spacial score (nSPS) is 11.4. The second-order valence-electron chi connectivity index (χ2n) is 4.20. The zero-order valence-corrected chi connectivity index (χ0v) is 10.7. The molecule has 0 radical (unpaired) electrons. The number of anilines is 1. The molecule has 1 heterocycles. The quantitative estimate of drug-likeness (QED) is 0.931. The van der Waals surface area contributed by atoms with Crippen LogP contribution in [0, 0.1) is 0 Å². The van der Waals surface area contributed by atoms with Crippen molar-refractivity contribution in [1.82, 2.24) is 4.98 Å². The van der Waals surface area contributed by atoms with Gasteiger partial charge in [-0.3, -0.25) is 0 Å². The molecule has 2 aromatic rings. The summed E-state index contributed by atoms with van der Waals surface area (Å²) in [5.41, 5.74) is 7.88. The van der Waals surface area contributed by atoms with E-state index in [2.05, 4.69) is 9.72 Å². The van der Waals surface area contributed by atoms with E-state index in [4.69, 9.17) is 5.73 Å². The SMILES string of the molecule is CCc1cc(N)ncc1-c1cccc(OC(F)(F)F)c1. The summed E-state index contributed by atoms with van der Waals surface area (Å²) in [6, 6.07) is 7.52. The minimum absolute atomic E-state index is 0.256. The highest BCUT2D eigenvalue weighted by Gasteiger charge is 2.31. The molecule has 0 aliphatic carbocycles. The number of rotatable bonds is 3. The highest BCUT2D eigenvalue weighted by Crippen LogP contribution is 2.30. The van der Waals surface area contributed by atoms with E-state index < -0.39 is 6.36 Å². The second-order valence-corrected chi connectivity index (χ2v) is 4.20. The highest BCUT2D eigenvalue weighted by molar-refractivity contribution is 5.69. The summed E-state index contributed by atoms with van der Waals surface area (Å²) in [5.74, 6) is 0.127. The maximum atomic E-state index is 12.2. The lowest BCUT2D eigenvalue weighted by molar-refractivity contribution is -0.274. The molecular formula is C14H13F3N2O. The number of nitrogens with two attached hydrogens (primary N) is 1. The van der Waals surface area contributed by atoms with Gasteiger partial charge in [0.1, 0.15) is 11.6 Å². The van der Waals surface area contributed by atoms with Crippen LogP contribution in [0.1, 0.15) is 12.5 Å². The van der Waals surface area contributed by atoms with Crippen molar-refractivity contribution in [3.63, 3.8) is 0 Å². The average molecular weight is 282 g/mol. The first-order valence-electron chi connectivity index (χ1n) is 5.99. The fourth-order valence-electron chi connectivity index (χ4n) is 1.93. The summed E-state index contributed by atoms with van der Waals surface area (Å²) in [6.45, 7) is 1.94. The van der Waals surface area contributed by atoms with Gasteiger partial charge in [-0.05, 0) is 35.7 Å². The van der Waals surface area contributed by atoms with E-state index in [0.717, 1.165) is 11.1 Å². The third kappa shape index (κ3) is 3.40. The number of nitrogen functional groups attached to an aromatic ring is 1. The van der Waals surface area contributed by atoms with Gasteiger partial charge in [-0.25, -0.2) is 4.98 Å². The van der Waals surface area contributed by atoms with E-state index in [1.807, 2.05) is 6.92 Å². The third-order valence-electron chi connectivity index (χ3n) is 2.77. The van der Waals surface area contributed by atoms with Crippen molar-refractivity contribution in [1.29, 1.82) is 0 Å². The molecule has 0 spiro atoms. The van der Waals surface area contributed by atoms with Gasteiger partial charge in [0.05, 0.1) is 0 Å². The third-order valence-corrected chi connectivity index (χ3v) is 2.77. The van der Waals surface area contributed by atoms with Gasteiger partial charge in [0.2, 0.25) is 0 Å². The van der Waals surface area contributed by atoms with Crippen LogP contribution in [0.3, 0.4) is 0 Å². The number of ether oxygens (including phenoxy) is 1. The first-order valence-corrected chi connectivity index (χ1v) is 5.99. The Hall–Kier alpha value is -2.24. The van der Waals surface area contributed by atoms with Crippen LogP contribution in [0.2, 0.25) is 0 Å². The van der Waals surface area contributed by atoms with Crippen molar-refractivity contribution in [3.05, 3.63) is 42.1 Å². The number of nitrogens with zero attached hydrogens (tertiary/aromatic N) is 1. The maximum Gasteiger partial charge on any atom is 0.573 e. The number of aromatic nitrogens is 1. The number of hydrogen-bond acceptors (Lipinski definition) is 3. The maximum absolute atomic E-state index is 12.2. The molecule has 0 atom stereocenters. The van der Waals surface area contributed by atoms with Crippen LogP contribution in [0.5, 0.6) is 5.75 Å². The molecule has 1 aromatic carbocycles. The molecule has 6 heteroatoms. The zero-order valence-electron chi connectivity index (χ0n) is 10.7. The van der Waals surface area contributed by atoms with Crippen molar-refractivity contribution >= 4 is 5.82 Å². The topological polar surface area (TPSA) is 48.1 Å². The van der Waals surface area contributed by atoms with Crippen molar-refractivity contribution in [2.75, 3.05) is 5.73 Å². The Labute approximate surface area is 114 Å². The summed E-state index contributed by atoms with van der Waals surface area (Å²) < 4.78 is 40.6. The van der Waals surface area contributed by atoms with Gasteiger partial charge in [0, 0.05) is 11.8 Å². The number of aryl methyl sites for hydroxylation is 1. The Kier molecular flexibility index (Phi) is 3.83. The summed E-state index contributed by atoms with van der Waals surface area (Å²) in [6.07, 6.45) is -2.45. The Morgan fingerprint density at radius 3 is 2.65 bits per heavy atom. The van der Waals surface area contributed by atoms with Gasteiger partial charge in [0.25, 0.3) is 0 Å². The molecule has 0 unspecified atom stereocenters. The molecule has 0 fully saturated rings. The van der Waals surface area contributed by atoms with E-state index in [1.165, 1.54) is 18.2 Å². The van der Waals surface area contributed by atoms with Gasteiger partial charge in [-0.15, -0.1) is 13.2 Å². The lowest BCUT2D eigenvalue weighted by Gasteiger charge is -2.12. The smallest absolute Gasteiger partial charge is 0.406 e. The van der Waals surface area contributed by atoms with Gasteiger partial charge >= 0.3 is 6.36 Å². The molecule has 2 N–H and O–H groups in total. The van der Waals surface area contributed by atoms with E-state index in [1.54, 1.807) is 18.3 Å². The Morgan fingerprint density at radius 2 is 2.00 bits per heavy atom. The van der Waals surface area contributed by atoms with Crippen LogP contribution in [0.4, 0.5) is 19.0 Å². The van der Waals surface area contributed by atoms with Crippen molar-refractivity contribution in [3.8, 4) is 16.9 Å². The highest BCUT2D eigenvalue weighted by atomic mass is 19.4. The Bertz CT molecular complexity index is 612. The van der Waals surface area contributed by atoms with Crippen LogP contribution in [-0.4, -0.2) is 11.3 Å². The van der Waals surface area contributed by atoms with E-state index >= 15 is 0 Å². The summed E-state index contributed by atoms with van der Waals surface area (Å²) in [5, 5.41) is 0. The lowest BCUT2D eigenvalue weighted by atomic mass is 10.00. The average Bonchev–Trinajstić information content (AvgIpc) is 2.36. The van der Waals surface area contributed by atoms with Crippen LogP contribution >= 0.6 is 0 Å². The van der Waals surface area contributed by atoms with E-state index in [0.29, 0.717) is 17.8 Å². The number of benzene rings is 1. The molecule has 20 heavy (non-hydrogen) atoms. The predicted molar refractivity (Wildman–Crippen MR) is 70.1 cm³/mol. The van der Waals surface area contributed by atoms with E-state index in [9.17, 15) is 13.2 Å². The van der Waals surface area contributed by atoms with Gasteiger partial charge in [-0.1, -0.05) is 19.1 Å². The molecule has 0 saturated heterocycles. The van der Waals surface area contributed by atoms with Crippen LogP contribution < -0.4 is 10.5 Å². The number of pyridine rings is 1. The van der Waals surface area contributed by atoms with Gasteiger partial charge in [0.15, 0.2) is 0 Å². The van der Waals surface area contributed by atoms with Gasteiger partial charge in [-0.2, -0.15) is 0 Å². The second kappa shape index (κ2) is 5.40. The summed E-state index contributed by atoms with van der Waals surface area (Å²) in [7, 11) is 0. The fraction of sp³-hybridized carbons (Fsp3) is 0.214. The van der Waals surface area contributed by atoms with Crippen LogP contribution in [0.15, 0.2) is 36.5 Å². The zero-order chi connectivity index (χ0) is 14.8. The largest absolute Gasteiger partial charge is 0.573 e. The number of halogens is 3. The summed E-state index contributed by atoms with van der Waals surface area (Å²) in [4.78, 5) is 3.98. The summed E-state index contributed by atoms with van der Waals surface area (Å²) >= 11 is 0. The number of hydrogen-bond donors (Lipinski definition) is 1. The van der Waals surface area contributed by atoms with Crippen molar-refractivity contribution in [2.24, 2.45) is 0 Å². The number of alkyl halides is 3. The molecule has 0 aliphatic heterocycles. The van der Waals surface area contributed by atoms with E-state index in [-0.39, 0.29) is 5.75 Å². The molecule has 0 saturated carbocycles. The Morgan fingerprint density at radius 1 is 1.25 bits per heavy atom. The molecule has 0 amide bonds. The molecule has 106 valence electrons. The molecule has 0 bridgehead atoms. The molecule has 3 nitrogen and oxygen atoms in total. The molecule has 2 rings (SSSR count). The molecule has 0 aliphatic rings. The predicted octanol–water partition coefficient (Wildman–Crippen LogP) is 3.79. The minimum Gasteiger partial charge on any atom is -0.406 e. The van der Waals surface area contributed by atoms with Gasteiger partial charge < -0.3 is 10.5 Å². The fourth-order valence-corrected chi connectivity index (χ4v) is 1.93. The minimum atomic E-state index is -4.70. The first-order chi connectivity index (χ1) is 9.39. The Balaban J connectivity index is 2.41. The van der Waals surface area contributed by atoms with Crippen LogP contribution in [-0.2, 0) is 6.42 Å². The standard InChI is InChI=1S/C14H13F3N2O/c1-2-9-7-13(18)19-8-12(9)10-4-3-5-11(6-10)20-14(15,16)17/h3-8H,2H2,1H3,(H2,18,19). The van der Waals surface area contributed by atoms with Crippen LogP contribution in [0.25, 0.3) is 11.1 Å². The molecular weight excluding hydrogens is 269 g/mol. The molecule has 1 aromatic heterocycles.